The van der Waals surface area contributed by atoms with Crippen molar-refractivity contribution in [2.75, 3.05) is 19.5 Å². The zero-order valence-corrected chi connectivity index (χ0v) is 11.4. The van der Waals surface area contributed by atoms with Crippen LogP contribution in [0.2, 0.25) is 0 Å². The molecule has 1 unspecified atom stereocenters. The van der Waals surface area contributed by atoms with Crippen LogP contribution in [0.3, 0.4) is 0 Å². The minimum absolute atomic E-state index is 0.358. The van der Waals surface area contributed by atoms with E-state index in [4.69, 9.17) is 15.2 Å². The summed E-state index contributed by atoms with van der Waals surface area (Å²) in [4.78, 5) is 8.50. The summed E-state index contributed by atoms with van der Waals surface area (Å²) in [7, 11) is 1.66. The second-order valence-corrected chi connectivity index (χ2v) is 4.93. The van der Waals surface area contributed by atoms with Crippen molar-refractivity contribution in [2.45, 2.75) is 12.8 Å². The van der Waals surface area contributed by atoms with Gasteiger partial charge in [-0.05, 0) is 24.1 Å². The number of hydrogen-bond donors (Lipinski definition) is 1. The molecule has 5 heteroatoms. The van der Waals surface area contributed by atoms with Gasteiger partial charge in [0, 0.05) is 18.5 Å². The van der Waals surface area contributed by atoms with Crippen LogP contribution in [0.5, 0.6) is 11.5 Å². The van der Waals surface area contributed by atoms with E-state index in [1.165, 1.54) is 5.56 Å². The number of nitrogens with zero attached hydrogens (tertiary/aromatic N) is 2. The average molecular weight is 271 g/mol. The van der Waals surface area contributed by atoms with Crippen LogP contribution < -0.4 is 15.2 Å². The van der Waals surface area contributed by atoms with Gasteiger partial charge in [-0.2, -0.15) is 0 Å². The molecule has 5 nitrogen and oxygen atoms in total. The van der Waals surface area contributed by atoms with Gasteiger partial charge in [0.25, 0.3) is 0 Å². The van der Waals surface area contributed by atoms with Crippen LogP contribution in [-0.4, -0.2) is 23.7 Å². The third-order valence-corrected chi connectivity index (χ3v) is 3.45. The summed E-state index contributed by atoms with van der Waals surface area (Å²) < 4.78 is 11.2. The minimum Gasteiger partial charge on any atom is -0.493 e. The Labute approximate surface area is 117 Å². The zero-order chi connectivity index (χ0) is 13.9. The molecule has 104 valence electrons. The van der Waals surface area contributed by atoms with Crippen LogP contribution in [0.25, 0.3) is 0 Å². The number of hydrogen-bond acceptors (Lipinski definition) is 5. The highest BCUT2D eigenvalue weighted by Crippen LogP contribution is 2.36. The van der Waals surface area contributed by atoms with Crippen molar-refractivity contribution in [1.29, 1.82) is 0 Å². The first-order valence-electron chi connectivity index (χ1n) is 6.62. The molecule has 2 heterocycles. The maximum absolute atomic E-state index is 5.85. The average Bonchev–Trinajstić information content (AvgIpc) is 2.46. The molecule has 20 heavy (non-hydrogen) atoms. The summed E-state index contributed by atoms with van der Waals surface area (Å²) in [6.45, 7) is 0.644. The van der Waals surface area contributed by atoms with Crippen molar-refractivity contribution in [2.24, 2.45) is 5.92 Å². The maximum Gasteiger partial charge on any atom is 0.164 e. The monoisotopic (exact) mass is 271 g/mol. The van der Waals surface area contributed by atoms with Crippen molar-refractivity contribution >= 4 is 5.82 Å². The Morgan fingerprint density at radius 3 is 3.10 bits per heavy atom. The van der Waals surface area contributed by atoms with Gasteiger partial charge in [-0.3, -0.25) is 0 Å². The van der Waals surface area contributed by atoms with Crippen LogP contribution in [0.4, 0.5) is 5.82 Å². The highest BCUT2D eigenvalue weighted by Gasteiger charge is 2.23. The molecule has 0 bridgehead atoms. The van der Waals surface area contributed by atoms with Crippen LogP contribution in [0.15, 0.2) is 30.5 Å². The summed E-state index contributed by atoms with van der Waals surface area (Å²) in [5.74, 6) is 3.29. The molecular formula is C15H17N3O2. The van der Waals surface area contributed by atoms with E-state index < -0.39 is 0 Å². The van der Waals surface area contributed by atoms with Crippen LogP contribution in [0, 0.1) is 5.92 Å². The lowest BCUT2D eigenvalue weighted by atomic mass is 9.93. The molecule has 1 aliphatic rings. The van der Waals surface area contributed by atoms with E-state index in [0.29, 0.717) is 18.3 Å². The first-order valence-corrected chi connectivity index (χ1v) is 6.62. The fourth-order valence-electron chi connectivity index (χ4n) is 2.52. The highest BCUT2D eigenvalue weighted by molar-refractivity contribution is 5.47. The number of aromatic nitrogens is 2. The number of benzene rings is 1. The summed E-state index contributed by atoms with van der Waals surface area (Å²) in [6.07, 6.45) is 3.39. The first-order chi connectivity index (χ1) is 9.76. The van der Waals surface area contributed by atoms with Crippen molar-refractivity contribution in [3.63, 3.8) is 0 Å². The molecule has 0 saturated carbocycles. The van der Waals surface area contributed by atoms with E-state index in [2.05, 4.69) is 16.0 Å². The Hall–Kier alpha value is -2.30. The molecule has 2 aromatic rings. The van der Waals surface area contributed by atoms with Crippen LogP contribution >= 0.6 is 0 Å². The summed E-state index contributed by atoms with van der Waals surface area (Å²) >= 11 is 0. The number of fused-ring (bicyclic) bond motifs is 1. The van der Waals surface area contributed by atoms with Gasteiger partial charge >= 0.3 is 0 Å². The summed E-state index contributed by atoms with van der Waals surface area (Å²) in [5.41, 5.74) is 6.85. The molecule has 1 atom stereocenters. The molecule has 3 rings (SSSR count). The van der Waals surface area contributed by atoms with Gasteiger partial charge in [0.15, 0.2) is 11.5 Å². The largest absolute Gasteiger partial charge is 0.493 e. The van der Waals surface area contributed by atoms with Gasteiger partial charge < -0.3 is 15.2 Å². The summed E-state index contributed by atoms with van der Waals surface area (Å²) in [6, 6.07) is 7.67. The number of methoxy groups -OCH3 is 1. The van der Waals surface area contributed by atoms with Gasteiger partial charge in [0.1, 0.15) is 11.6 Å². The van der Waals surface area contributed by atoms with E-state index in [1.807, 2.05) is 12.1 Å². The first kappa shape index (κ1) is 12.7. The fourth-order valence-corrected chi connectivity index (χ4v) is 2.52. The second-order valence-electron chi connectivity index (χ2n) is 4.93. The number of nitrogen functional groups attached to an aromatic ring is 1. The van der Waals surface area contributed by atoms with Gasteiger partial charge in [-0.25, -0.2) is 9.97 Å². The maximum atomic E-state index is 5.85. The van der Waals surface area contributed by atoms with Crippen molar-refractivity contribution < 1.29 is 9.47 Å². The second kappa shape index (κ2) is 5.36. The van der Waals surface area contributed by atoms with E-state index in [9.17, 15) is 0 Å². The van der Waals surface area contributed by atoms with Crippen LogP contribution in [0.1, 0.15) is 11.4 Å². The molecule has 0 fully saturated rings. The number of rotatable bonds is 3. The molecule has 0 amide bonds. The predicted molar refractivity (Wildman–Crippen MR) is 75.8 cm³/mol. The van der Waals surface area contributed by atoms with E-state index >= 15 is 0 Å². The van der Waals surface area contributed by atoms with Crippen molar-refractivity contribution in [1.82, 2.24) is 9.97 Å². The molecule has 0 saturated heterocycles. The molecule has 0 aliphatic carbocycles. The molecule has 1 aromatic carbocycles. The lowest BCUT2D eigenvalue weighted by Gasteiger charge is -2.26. The number of nitrogens with two attached hydrogens (primary N) is 1. The Morgan fingerprint density at radius 2 is 2.30 bits per heavy atom. The number of para-hydroxylation sites is 1. The molecule has 2 N–H and O–H groups in total. The van der Waals surface area contributed by atoms with E-state index in [1.54, 1.807) is 19.4 Å². The third-order valence-electron chi connectivity index (χ3n) is 3.45. The van der Waals surface area contributed by atoms with Gasteiger partial charge in [0.2, 0.25) is 0 Å². The molecule has 0 spiro atoms. The topological polar surface area (TPSA) is 70.3 Å². The summed E-state index contributed by atoms with van der Waals surface area (Å²) in [5, 5.41) is 0. The normalized spacial score (nSPS) is 17.1. The quantitative estimate of drug-likeness (QED) is 0.922. The fraction of sp³-hybridized carbons (Fsp3) is 0.333. The lowest BCUT2D eigenvalue weighted by Crippen LogP contribution is -2.24. The Bertz CT molecular complexity index is 616. The lowest BCUT2D eigenvalue weighted by molar-refractivity contribution is 0.210. The van der Waals surface area contributed by atoms with Crippen LogP contribution in [-0.2, 0) is 12.8 Å². The smallest absolute Gasteiger partial charge is 0.164 e. The number of ether oxygens (including phenoxy) is 2. The Morgan fingerprint density at radius 1 is 1.40 bits per heavy atom. The standard InChI is InChI=1S/C15H17N3O2/c1-19-12-4-2-3-11-7-10(9-20-15(11)12)8-14-17-6-5-13(16)18-14/h2-6,10H,7-9H2,1H3,(H2,16,17,18). The zero-order valence-electron chi connectivity index (χ0n) is 11.4. The number of anilines is 1. The van der Waals surface area contributed by atoms with Gasteiger partial charge in [-0.1, -0.05) is 12.1 Å². The van der Waals surface area contributed by atoms with Gasteiger partial charge in [0.05, 0.1) is 13.7 Å². The molecular weight excluding hydrogens is 254 g/mol. The SMILES string of the molecule is COc1cccc2c1OCC(Cc1nccc(N)n1)C2. The van der Waals surface area contributed by atoms with Gasteiger partial charge in [-0.15, -0.1) is 0 Å². The van der Waals surface area contributed by atoms with E-state index in [-0.39, 0.29) is 0 Å². The Balaban J connectivity index is 1.76. The minimum atomic E-state index is 0.358. The third kappa shape index (κ3) is 2.52. The molecule has 1 aliphatic heterocycles. The molecule has 0 radical (unpaired) electrons. The van der Waals surface area contributed by atoms with Crippen molar-refractivity contribution in [3.8, 4) is 11.5 Å². The van der Waals surface area contributed by atoms with Crippen molar-refractivity contribution in [3.05, 3.63) is 41.9 Å². The predicted octanol–water partition coefficient (Wildman–Crippen LogP) is 1.86. The highest BCUT2D eigenvalue weighted by atomic mass is 16.5. The Kier molecular flexibility index (Phi) is 3.41. The molecule has 1 aromatic heterocycles. The van der Waals surface area contributed by atoms with E-state index in [0.717, 1.165) is 30.2 Å².